The fraction of sp³-hybridized carbons (Fsp3) is 0.419. The fourth-order valence-electron chi connectivity index (χ4n) is 5.47. The van der Waals surface area contributed by atoms with E-state index in [0.717, 1.165) is 17.0 Å². The highest BCUT2D eigenvalue weighted by Crippen LogP contribution is 2.44. The highest BCUT2D eigenvalue weighted by atomic mass is 28.4. The van der Waals surface area contributed by atoms with Crippen LogP contribution in [-0.4, -0.2) is 14.9 Å². The van der Waals surface area contributed by atoms with Crippen LogP contribution in [0.4, 0.5) is 5.69 Å². The Hall–Kier alpha value is -2.70. The second-order valence-electron chi connectivity index (χ2n) is 10.3. The largest absolute Gasteiger partial charge is 0.542 e. The number of allylic oxidation sites excluding steroid dienone is 1. The first kappa shape index (κ1) is 27.5. The Morgan fingerprint density at radius 2 is 1.47 bits per heavy atom. The number of hydrogen-bond donors (Lipinski definition) is 0. The van der Waals surface area contributed by atoms with Gasteiger partial charge in [0.1, 0.15) is 5.76 Å². The van der Waals surface area contributed by atoms with Crippen LogP contribution in [0.15, 0.2) is 60.5 Å². The third-order valence-corrected chi connectivity index (χ3v) is 12.7. The van der Waals surface area contributed by atoms with Gasteiger partial charge in [0.15, 0.2) is 0 Å². The molecule has 3 heteroatoms. The molecule has 0 bridgehead atoms. The third-order valence-electron chi connectivity index (χ3n) is 6.71. The summed E-state index contributed by atoms with van der Waals surface area (Å²) in [6.07, 6.45) is 12.2. The van der Waals surface area contributed by atoms with Gasteiger partial charge < -0.3 is 9.33 Å². The minimum absolute atomic E-state index is 0.477. The Labute approximate surface area is 209 Å². The maximum atomic E-state index is 7.15. The van der Waals surface area contributed by atoms with Crippen LogP contribution in [0, 0.1) is 33.1 Å². The van der Waals surface area contributed by atoms with E-state index in [4.69, 9.17) is 10.8 Å². The Bertz CT molecular complexity index is 996. The molecule has 0 saturated heterocycles. The number of terminal acetylenes is 1. The molecule has 0 radical (unpaired) electrons. The van der Waals surface area contributed by atoms with Crippen molar-refractivity contribution >= 4 is 20.1 Å². The number of aryl methyl sites for hydroxylation is 3. The van der Waals surface area contributed by atoms with Crippen LogP contribution in [0.2, 0.25) is 16.6 Å². The standard InChI is InChI=1S/C31H43NOSi/c1-11-19-32(31-27(9)20-26(8)21-28(31)10)22-30(18-17-29-15-13-12-14-16-29)33-34(23(2)3,24(4)5)25(6)7/h1,12-18,20-25H,19H2,2-10H3/b18-17+,30-22-. The summed E-state index contributed by atoms with van der Waals surface area (Å²) < 4.78 is 7.15. The topological polar surface area (TPSA) is 12.5 Å². The first-order chi connectivity index (χ1) is 16.0. The van der Waals surface area contributed by atoms with Crippen LogP contribution in [-0.2, 0) is 4.43 Å². The number of nitrogens with zero attached hydrogens (tertiary/aromatic N) is 1. The van der Waals surface area contributed by atoms with E-state index in [9.17, 15) is 0 Å². The summed E-state index contributed by atoms with van der Waals surface area (Å²) in [5.41, 5.74) is 7.43. The van der Waals surface area contributed by atoms with Gasteiger partial charge in [0.25, 0.3) is 8.32 Å². The van der Waals surface area contributed by atoms with Gasteiger partial charge in [0.05, 0.1) is 6.54 Å². The van der Waals surface area contributed by atoms with E-state index in [0.29, 0.717) is 23.2 Å². The van der Waals surface area contributed by atoms with E-state index in [1.807, 2.05) is 6.07 Å². The number of anilines is 1. The normalized spacial score (nSPS) is 12.6. The molecule has 2 aromatic rings. The molecular weight excluding hydrogens is 430 g/mol. The van der Waals surface area contributed by atoms with Crippen molar-refractivity contribution < 1.29 is 4.43 Å². The molecule has 2 nitrogen and oxygen atoms in total. The van der Waals surface area contributed by atoms with Crippen molar-refractivity contribution in [3.05, 3.63) is 82.8 Å². The molecule has 0 aliphatic heterocycles. The number of benzene rings is 2. The molecule has 0 amide bonds. The minimum Gasteiger partial charge on any atom is -0.542 e. The van der Waals surface area contributed by atoms with Crippen LogP contribution >= 0.6 is 0 Å². The van der Waals surface area contributed by atoms with E-state index in [1.165, 1.54) is 16.7 Å². The van der Waals surface area contributed by atoms with E-state index < -0.39 is 8.32 Å². The molecule has 34 heavy (non-hydrogen) atoms. The third kappa shape index (κ3) is 6.45. The maximum absolute atomic E-state index is 7.15. The SMILES string of the molecule is C#CCN(/C=C(/C=C/c1ccccc1)O[Si](C(C)C)(C(C)C)C(C)C)c1c(C)cc(C)cc1C. The quantitative estimate of drug-likeness (QED) is 0.148. The van der Waals surface area contributed by atoms with Gasteiger partial charge in [-0.2, -0.15) is 0 Å². The van der Waals surface area contributed by atoms with Crippen molar-refractivity contribution in [2.45, 2.75) is 78.9 Å². The van der Waals surface area contributed by atoms with Gasteiger partial charge in [-0.1, -0.05) is 102 Å². The maximum Gasteiger partial charge on any atom is 0.258 e. The van der Waals surface area contributed by atoms with Gasteiger partial charge >= 0.3 is 0 Å². The zero-order chi connectivity index (χ0) is 25.5. The second kappa shape index (κ2) is 12.1. The lowest BCUT2D eigenvalue weighted by molar-refractivity contribution is 0.385. The molecule has 0 aliphatic carbocycles. The number of rotatable bonds is 10. The summed E-state index contributed by atoms with van der Waals surface area (Å²) in [7, 11) is -2.15. The van der Waals surface area contributed by atoms with E-state index in [-0.39, 0.29) is 0 Å². The minimum atomic E-state index is -2.15. The number of hydrogen-bond acceptors (Lipinski definition) is 2. The summed E-state index contributed by atoms with van der Waals surface area (Å²) in [5, 5.41) is 0. The van der Waals surface area contributed by atoms with Crippen molar-refractivity contribution in [1.29, 1.82) is 0 Å². The predicted octanol–water partition coefficient (Wildman–Crippen LogP) is 8.80. The molecule has 0 unspecified atom stereocenters. The first-order valence-electron chi connectivity index (χ1n) is 12.4. The van der Waals surface area contributed by atoms with Gasteiger partial charge in [-0.3, -0.25) is 0 Å². The molecule has 0 aliphatic rings. The zero-order valence-electron chi connectivity index (χ0n) is 22.6. The van der Waals surface area contributed by atoms with Crippen LogP contribution in [0.5, 0.6) is 0 Å². The summed E-state index contributed by atoms with van der Waals surface area (Å²) in [5.74, 6) is 3.73. The summed E-state index contributed by atoms with van der Waals surface area (Å²) in [6, 6.07) is 14.8. The highest BCUT2D eigenvalue weighted by molar-refractivity contribution is 6.77. The van der Waals surface area contributed by atoms with Gasteiger partial charge in [-0.05, 0) is 60.2 Å². The zero-order valence-corrected chi connectivity index (χ0v) is 23.6. The van der Waals surface area contributed by atoms with Crippen molar-refractivity contribution in [1.82, 2.24) is 0 Å². The first-order valence-corrected chi connectivity index (χ1v) is 14.6. The lowest BCUT2D eigenvalue weighted by atomic mass is 10.0. The molecule has 0 N–H and O–H groups in total. The van der Waals surface area contributed by atoms with Gasteiger partial charge in [0.2, 0.25) is 0 Å². The van der Waals surface area contributed by atoms with Crippen LogP contribution in [0.25, 0.3) is 6.08 Å². The predicted molar refractivity (Wildman–Crippen MR) is 153 cm³/mol. The molecule has 0 saturated carbocycles. The van der Waals surface area contributed by atoms with Crippen molar-refractivity contribution in [2.24, 2.45) is 0 Å². The molecule has 0 fully saturated rings. The van der Waals surface area contributed by atoms with Crippen molar-refractivity contribution in [3.8, 4) is 12.3 Å². The lowest BCUT2D eigenvalue weighted by Gasteiger charge is -2.42. The van der Waals surface area contributed by atoms with E-state index in [2.05, 4.69) is 128 Å². The average molecular weight is 474 g/mol. The monoisotopic (exact) mass is 473 g/mol. The van der Waals surface area contributed by atoms with E-state index >= 15 is 0 Å². The Balaban J connectivity index is 2.67. The van der Waals surface area contributed by atoms with Gasteiger partial charge in [-0.25, -0.2) is 0 Å². The Morgan fingerprint density at radius 3 is 1.94 bits per heavy atom. The van der Waals surface area contributed by atoms with Crippen LogP contribution in [0.1, 0.15) is 63.8 Å². The molecule has 0 heterocycles. The molecule has 0 spiro atoms. The van der Waals surface area contributed by atoms with Crippen LogP contribution in [0.3, 0.4) is 0 Å². The van der Waals surface area contributed by atoms with Crippen LogP contribution < -0.4 is 4.90 Å². The summed E-state index contributed by atoms with van der Waals surface area (Å²) in [6.45, 7) is 20.8. The lowest BCUT2D eigenvalue weighted by Crippen LogP contribution is -2.47. The Morgan fingerprint density at radius 1 is 0.941 bits per heavy atom. The second-order valence-corrected chi connectivity index (χ2v) is 15.6. The summed E-state index contributed by atoms with van der Waals surface area (Å²) in [4.78, 5) is 2.18. The molecular formula is C31H43NOSi. The van der Waals surface area contributed by atoms with Gasteiger partial charge in [-0.15, -0.1) is 6.42 Å². The molecule has 182 valence electrons. The van der Waals surface area contributed by atoms with Crippen molar-refractivity contribution in [3.63, 3.8) is 0 Å². The smallest absolute Gasteiger partial charge is 0.258 e. The van der Waals surface area contributed by atoms with E-state index in [1.54, 1.807) is 0 Å². The molecule has 0 aromatic heterocycles. The average Bonchev–Trinajstić information content (AvgIpc) is 2.74. The molecule has 2 rings (SSSR count). The Kier molecular flexibility index (Phi) is 9.83. The van der Waals surface area contributed by atoms with Gasteiger partial charge in [0, 0.05) is 11.9 Å². The van der Waals surface area contributed by atoms with Crippen molar-refractivity contribution in [2.75, 3.05) is 11.4 Å². The summed E-state index contributed by atoms with van der Waals surface area (Å²) >= 11 is 0. The highest BCUT2D eigenvalue weighted by Gasteiger charge is 2.47. The molecule has 2 aromatic carbocycles. The fourth-order valence-corrected chi connectivity index (χ4v) is 10.7. The molecule has 0 atom stereocenters.